The molecule has 3 atom stereocenters. The molecular weight excluding hydrogens is 1040 g/mol. The van der Waals surface area contributed by atoms with Crippen LogP contribution in [0, 0.1) is 12.7 Å². The van der Waals surface area contributed by atoms with E-state index in [0.717, 1.165) is 38.1 Å². The third-order valence-corrected chi connectivity index (χ3v) is 15.1. The Kier molecular flexibility index (Phi) is 16.8. The van der Waals surface area contributed by atoms with Gasteiger partial charge in [0.25, 0.3) is 17.4 Å². The maximum atomic E-state index is 15.5. The molecule has 80 heavy (non-hydrogen) atoms. The number of pyridine rings is 2. The van der Waals surface area contributed by atoms with Crippen molar-refractivity contribution in [3.63, 3.8) is 0 Å². The van der Waals surface area contributed by atoms with Gasteiger partial charge in [0.15, 0.2) is 5.60 Å². The number of anilines is 1. The highest BCUT2D eigenvalue weighted by Gasteiger charge is 2.47. The lowest BCUT2D eigenvalue weighted by molar-refractivity contribution is -0.172. The van der Waals surface area contributed by atoms with Crippen LogP contribution in [0.2, 0.25) is 0 Å². The van der Waals surface area contributed by atoms with Crippen molar-refractivity contribution in [2.45, 2.75) is 95.9 Å². The first-order valence-electron chi connectivity index (χ1n) is 26.4. The number of hydrogen-bond acceptors (Lipinski definition) is 14. The molecule has 418 valence electrons. The Morgan fingerprint density at radius 1 is 0.825 bits per heavy atom. The van der Waals surface area contributed by atoms with E-state index in [1.165, 1.54) is 18.2 Å². The summed E-state index contributed by atoms with van der Waals surface area (Å²) in [6.45, 7) is 4.21. The zero-order valence-electron chi connectivity index (χ0n) is 44.5. The fourth-order valence-electron chi connectivity index (χ4n) is 10.7. The number of imide groups is 1. The Bertz CT molecular complexity index is 3400. The minimum atomic E-state index is -2.01. The van der Waals surface area contributed by atoms with Gasteiger partial charge in [0.2, 0.25) is 29.5 Å². The van der Waals surface area contributed by atoms with E-state index < -0.39 is 82.9 Å². The number of nitrogens with zero attached hydrogens (tertiary/aromatic N) is 3. The number of aromatic nitrogens is 2. The van der Waals surface area contributed by atoms with Crippen LogP contribution < -0.4 is 37.0 Å². The van der Waals surface area contributed by atoms with E-state index in [9.17, 15) is 48.3 Å². The number of nitrogens with one attached hydrogen (secondary N) is 5. The standard InChI is InChI=1S/C58H61FN8O13/c1-4-58(77)40-24-44-53-38(29-66(44)55(75)39(40)30-80-56(58)76)52-51-37(33(2)41(59)25-42(51)65-53)19-20-57(52,3)31-78-21-22-79-32-63-47(70)27-62-54(74)43(23-35-9-6-5-7-10-35)64-48(71)28-61-46(69)26-60-45(68)12-8-11-34-13-15-36(16-14-34)67-49(72)17-18-50(67)73/h5-7,9-10,13-18,24-25,43,77H,4,8,11-12,19-23,26-32H2,1-3H3,(H,60,68)(H,61,69)(H,62,74)(H,63,70)(H,64,71)/t43-,57?,58-/m0/s1. The number of amides is 7. The van der Waals surface area contributed by atoms with Crippen LogP contribution in [0.25, 0.3) is 22.3 Å². The predicted molar refractivity (Wildman–Crippen MR) is 287 cm³/mol. The topological polar surface area (TPSA) is 283 Å². The Hall–Kier alpha value is -8.47. The second-order valence-corrected chi connectivity index (χ2v) is 20.5. The van der Waals surface area contributed by atoms with Gasteiger partial charge in [-0.2, -0.15) is 0 Å². The van der Waals surface area contributed by atoms with Crippen LogP contribution in [0.15, 0.2) is 83.7 Å². The fraction of sp³-hybridized carbons (Fsp3) is 0.379. The molecule has 0 bridgehead atoms. The van der Waals surface area contributed by atoms with E-state index in [4.69, 9.17) is 19.2 Å². The number of halogens is 1. The quantitative estimate of drug-likeness (QED) is 0.0233. The van der Waals surface area contributed by atoms with Crippen molar-refractivity contribution in [1.29, 1.82) is 0 Å². The Morgan fingerprint density at radius 3 is 2.25 bits per heavy atom. The first-order valence-corrected chi connectivity index (χ1v) is 26.4. The fourth-order valence-corrected chi connectivity index (χ4v) is 10.7. The molecule has 0 saturated heterocycles. The number of benzene rings is 3. The summed E-state index contributed by atoms with van der Waals surface area (Å²) in [4.78, 5) is 121. The molecule has 4 aliphatic rings. The molecule has 9 rings (SSSR count). The van der Waals surface area contributed by atoms with Gasteiger partial charge in [-0.1, -0.05) is 56.3 Å². The summed E-state index contributed by atoms with van der Waals surface area (Å²) < 4.78 is 34.1. The lowest BCUT2D eigenvalue weighted by Crippen LogP contribution is -2.52. The average molecular weight is 1100 g/mol. The molecule has 21 nitrogen and oxygen atoms in total. The van der Waals surface area contributed by atoms with Crippen molar-refractivity contribution in [1.82, 2.24) is 36.1 Å². The van der Waals surface area contributed by atoms with Crippen LogP contribution >= 0.6 is 0 Å². The molecule has 3 aliphatic heterocycles. The summed E-state index contributed by atoms with van der Waals surface area (Å²) in [7, 11) is 0. The van der Waals surface area contributed by atoms with E-state index in [2.05, 4.69) is 33.5 Å². The largest absolute Gasteiger partial charge is 0.458 e. The first kappa shape index (κ1) is 56.3. The molecule has 5 aromatic rings. The molecule has 0 fully saturated rings. The zero-order valence-corrected chi connectivity index (χ0v) is 44.5. The predicted octanol–water partition coefficient (Wildman–Crippen LogP) is 2.37. The van der Waals surface area contributed by atoms with E-state index in [1.807, 2.05) is 0 Å². The van der Waals surface area contributed by atoms with Gasteiger partial charge >= 0.3 is 5.97 Å². The number of esters is 1. The molecule has 6 N–H and O–H groups in total. The van der Waals surface area contributed by atoms with Gasteiger partial charge in [0, 0.05) is 53.0 Å². The van der Waals surface area contributed by atoms with Gasteiger partial charge in [-0.3, -0.25) is 38.4 Å². The molecule has 2 aromatic heterocycles. The number of aliphatic hydroxyl groups is 1. The van der Waals surface area contributed by atoms with Crippen LogP contribution in [0.5, 0.6) is 0 Å². The number of carbonyl (C=O) groups excluding carboxylic acids is 8. The van der Waals surface area contributed by atoms with Crippen molar-refractivity contribution < 1.29 is 62.1 Å². The maximum absolute atomic E-state index is 15.5. The third kappa shape index (κ3) is 11.8. The second kappa shape index (κ2) is 23.9. The number of ether oxygens (including phenoxy) is 3. The van der Waals surface area contributed by atoms with Gasteiger partial charge in [-0.05, 0) is 85.0 Å². The normalized spacial score (nSPS) is 18.0. The van der Waals surface area contributed by atoms with E-state index >= 15 is 4.39 Å². The van der Waals surface area contributed by atoms with E-state index in [1.54, 1.807) is 79.1 Å². The second-order valence-electron chi connectivity index (χ2n) is 20.5. The molecule has 22 heteroatoms. The molecular formula is C58H61FN8O13. The Labute approximate surface area is 458 Å². The first-order chi connectivity index (χ1) is 38.4. The molecule has 0 radical (unpaired) electrons. The van der Waals surface area contributed by atoms with Crippen molar-refractivity contribution in [2.75, 3.05) is 51.1 Å². The highest BCUT2D eigenvalue weighted by Crippen LogP contribution is 2.49. The lowest BCUT2D eigenvalue weighted by Gasteiger charge is -2.37. The molecule has 3 aromatic carbocycles. The number of fused-ring (bicyclic) bond motifs is 5. The van der Waals surface area contributed by atoms with Gasteiger partial charge in [-0.15, -0.1) is 0 Å². The van der Waals surface area contributed by atoms with E-state index in [-0.39, 0.29) is 82.5 Å². The van der Waals surface area contributed by atoms with Crippen LogP contribution in [-0.4, -0.2) is 114 Å². The summed E-state index contributed by atoms with van der Waals surface area (Å²) in [5, 5.41) is 24.9. The molecule has 5 heterocycles. The van der Waals surface area contributed by atoms with Crippen molar-refractivity contribution in [3.8, 4) is 11.4 Å². The van der Waals surface area contributed by atoms with Gasteiger partial charge in [0.1, 0.15) is 25.2 Å². The number of cyclic esters (lactones) is 1. The summed E-state index contributed by atoms with van der Waals surface area (Å²) >= 11 is 0. The molecule has 1 aliphatic carbocycles. The summed E-state index contributed by atoms with van der Waals surface area (Å²) in [6.07, 6.45) is 4.71. The van der Waals surface area contributed by atoms with Crippen LogP contribution in [0.1, 0.15) is 84.0 Å². The molecule has 0 saturated carbocycles. The highest BCUT2D eigenvalue weighted by molar-refractivity contribution is 6.28. The number of carbonyl (C=O) groups is 8. The lowest BCUT2D eigenvalue weighted by atomic mass is 9.69. The number of aryl methyl sites for hydroxylation is 2. The molecule has 0 spiro atoms. The van der Waals surface area contributed by atoms with Gasteiger partial charge < -0.3 is 50.5 Å². The average Bonchev–Trinajstić information content (AvgIpc) is 4.20. The number of rotatable bonds is 23. The number of hydrogen-bond donors (Lipinski definition) is 6. The molecule has 7 amide bonds. The van der Waals surface area contributed by atoms with Crippen LogP contribution in [0.4, 0.5) is 10.1 Å². The smallest absolute Gasteiger partial charge is 0.343 e. The Morgan fingerprint density at radius 2 is 1.51 bits per heavy atom. The van der Waals surface area contributed by atoms with Crippen molar-refractivity contribution in [3.05, 3.63) is 140 Å². The minimum Gasteiger partial charge on any atom is -0.458 e. The van der Waals surface area contributed by atoms with Gasteiger partial charge in [-0.25, -0.2) is 19.1 Å². The summed E-state index contributed by atoms with van der Waals surface area (Å²) in [5.74, 6) is -4.99. The van der Waals surface area contributed by atoms with Crippen molar-refractivity contribution in [2.24, 2.45) is 0 Å². The molecule has 1 unspecified atom stereocenters. The van der Waals surface area contributed by atoms with E-state index in [0.29, 0.717) is 53.8 Å². The zero-order chi connectivity index (χ0) is 56.9. The minimum absolute atomic E-state index is 0.0131. The monoisotopic (exact) mass is 1100 g/mol. The maximum Gasteiger partial charge on any atom is 0.343 e. The Balaban J connectivity index is 0.716. The van der Waals surface area contributed by atoms with Gasteiger partial charge in [0.05, 0.1) is 74.2 Å². The van der Waals surface area contributed by atoms with Crippen molar-refractivity contribution >= 4 is 63.9 Å². The van der Waals surface area contributed by atoms with Crippen LogP contribution in [0.3, 0.4) is 0 Å². The highest BCUT2D eigenvalue weighted by atomic mass is 19.1. The SMILES string of the molecule is CC[C@@]1(O)C(=O)OCc2c1cc1n(c2=O)Cc2c-1nc1cc(F)c(C)c3c1c2C(C)(COCCOCNC(=O)CNC(=O)[C@H](Cc1ccccc1)NC(=O)CNC(=O)CNC(=O)CCCc1ccc(N2C(=O)C=CC2=O)cc1)CC3. The third-order valence-electron chi connectivity index (χ3n) is 15.1. The summed E-state index contributed by atoms with van der Waals surface area (Å²) in [6, 6.07) is 17.6. The summed E-state index contributed by atoms with van der Waals surface area (Å²) in [5.41, 5.74) is 3.69. The van der Waals surface area contributed by atoms with Crippen LogP contribution in [-0.2, 0) is 96.0 Å².